The third kappa shape index (κ3) is 2.60. The molecule has 0 radical (unpaired) electrons. The summed E-state index contributed by atoms with van der Waals surface area (Å²) in [6.07, 6.45) is 11.9. The number of nitrogens with zero attached hydrogens (tertiary/aromatic N) is 6. The van der Waals surface area contributed by atoms with Crippen molar-refractivity contribution < 1.29 is 9.34 Å². The Labute approximate surface area is 166 Å². The Hall–Kier alpha value is -3.10. The van der Waals surface area contributed by atoms with Gasteiger partial charge in [-0.3, -0.25) is 19.8 Å². The summed E-state index contributed by atoms with van der Waals surface area (Å²) in [7, 11) is 0. The first-order valence-corrected chi connectivity index (χ1v) is 10.1. The molecule has 0 aromatic carbocycles. The molecule has 4 fully saturated rings. The van der Waals surface area contributed by atoms with E-state index in [1.807, 2.05) is 4.68 Å². The van der Waals surface area contributed by atoms with Crippen LogP contribution in [-0.4, -0.2) is 29.9 Å². The van der Waals surface area contributed by atoms with E-state index in [0.29, 0.717) is 11.5 Å². The van der Waals surface area contributed by atoms with Gasteiger partial charge in [0.2, 0.25) is 11.6 Å². The molecule has 4 bridgehead atoms. The van der Waals surface area contributed by atoms with Crippen molar-refractivity contribution in [2.45, 2.75) is 44.1 Å². The maximum absolute atomic E-state index is 11.8. The van der Waals surface area contributed by atoms with E-state index in [4.69, 9.17) is 4.42 Å². The van der Waals surface area contributed by atoms with Crippen molar-refractivity contribution >= 4 is 5.69 Å². The van der Waals surface area contributed by atoms with Crippen LogP contribution < -0.4 is 0 Å². The zero-order valence-electron chi connectivity index (χ0n) is 15.8. The van der Waals surface area contributed by atoms with E-state index < -0.39 is 4.92 Å². The number of rotatable bonds is 4. The maximum Gasteiger partial charge on any atom is 0.320 e. The Morgan fingerprint density at radius 2 is 1.66 bits per heavy atom. The summed E-state index contributed by atoms with van der Waals surface area (Å²) in [4.78, 5) is 15.3. The lowest BCUT2D eigenvalue weighted by molar-refractivity contribution is -0.384. The lowest BCUT2D eigenvalue weighted by Crippen LogP contribution is -2.52. The highest BCUT2D eigenvalue weighted by molar-refractivity contribution is 5.62. The molecule has 148 valence electrons. The molecule has 3 aromatic rings. The predicted octanol–water partition coefficient (Wildman–Crippen LogP) is 3.83. The van der Waals surface area contributed by atoms with Crippen LogP contribution >= 0.6 is 0 Å². The normalized spacial score (nSPS) is 30.0. The van der Waals surface area contributed by atoms with Gasteiger partial charge in [-0.05, 0) is 68.4 Å². The van der Waals surface area contributed by atoms with Crippen molar-refractivity contribution in [3.05, 3.63) is 40.8 Å². The Morgan fingerprint density at radius 3 is 2.28 bits per heavy atom. The van der Waals surface area contributed by atoms with Crippen molar-refractivity contribution in [3.8, 4) is 23.0 Å². The fraction of sp³-hybridized carbons (Fsp3) is 0.500. The van der Waals surface area contributed by atoms with Crippen LogP contribution in [0.3, 0.4) is 0 Å². The molecule has 0 atom stereocenters. The molecule has 0 unspecified atom stereocenters. The van der Waals surface area contributed by atoms with Crippen molar-refractivity contribution in [3.63, 3.8) is 0 Å². The summed E-state index contributed by atoms with van der Waals surface area (Å²) >= 11 is 0. The second kappa shape index (κ2) is 5.95. The molecule has 9 nitrogen and oxygen atoms in total. The molecular formula is C20H20N6O3. The molecule has 4 saturated carbocycles. The zero-order chi connectivity index (χ0) is 19.6. The van der Waals surface area contributed by atoms with Crippen molar-refractivity contribution in [1.29, 1.82) is 0 Å². The zero-order valence-corrected chi connectivity index (χ0v) is 15.8. The fourth-order valence-electron chi connectivity index (χ4n) is 6.17. The van der Waals surface area contributed by atoms with Crippen molar-refractivity contribution in [2.75, 3.05) is 0 Å². The van der Waals surface area contributed by atoms with E-state index in [9.17, 15) is 10.1 Å². The van der Waals surface area contributed by atoms with Gasteiger partial charge in [0.05, 0.1) is 10.5 Å². The summed E-state index contributed by atoms with van der Waals surface area (Å²) < 4.78 is 7.61. The predicted molar refractivity (Wildman–Crippen MR) is 102 cm³/mol. The first kappa shape index (κ1) is 16.8. The molecule has 9 heteroatoms. The van der Waals surface area contributed by atoms with Gasteiger partial charge in [-0.25, -0.2) is 0 Å². The van der Waals surface area contributed by atoms with Crippen LogP contribution in [0.15, 0.2) is 35.1 Å². The molecule has 0 saturated heterocycles. The molecule has 0 amide bonds. The monoisotopic (exact) mass is 392 g/mol. The average Bonchev–Trinajstić information content (AvgIpc) is 3.35. The number of pyridine rings is 1. The summed E-state index contributed by atoms with van der Waals surface area (Å²) in [5.41, 5.74) is 0.678. The number of aromatic nitrogens is 5. The van der Waals surface area contributed by atoms with Crippen LogP contribution in [0.4, 0.5) is 5.69 Å². The van der Waals surface area contributed by atoms with Crippen LogP contribution in [0, 0.1) is 27.9 Å². The summed E-state index contributed by atoms with van der Waals surface area (Å²) in [5, 5.41) is 24.5. The SMILES string of the molecule is O=[N+]([O-])c1cn(C23CC4CC(CC(C4)C2)C3)nc1-c1nnc(-c2ccncc2)o1. The molecule has 3 heterocycles. The number of hydrogen-bond donors (Lipinski definition) is 0. The van der Waals surface area contributed by atoms with Crippen LogP contribution in [0.25, 0.3) is 23.0 Å². The minimum atomic E-state index is -0.407. The lowest BCUT2D eigenvalue weighted by Gasteiger charge is -2.56. The van der Waals surface area contributed by atoms with E-state index in [1.165, 1.54) is 19.3 Å². The van der Waals surface area contributed by atoms with Gasteiger partial charge in [-0.1, -0.05) is 0 Å². The van der Waals surface area contributed by atoms with E-state index >= 15 is 0 Å². The highest BCUT2D eigenvalue weighted by Gasteiger charge is 2.53. The second-order valence-corrected chi connectivity index (χ2v) is 8.85. The maximum atomic E-state index is 11.8. The minimum absolute atomic E-state index is 0.0759. The quantitative estimate of drug-likeness (QED) is 0.490. The number of nitro groups is 1. The Bertz CT molecular complexity index is 1050. The summed E-state index contributed by atoms with van der Waals surface area (Å²) in [6.45, 7) is 0. The van der Waals surface area contributed by atoms with Crippen LogP contribution in [0.2, 0.25) is 0 Å². The van der Waals surface area contributed by atoms with Crippen LogP contribution in [0.5, 0.6) is 0 Å². The van der Waals surface area contributed by atoms with Crippen LogP contribution in [0.1, 0.15) is 38.5 Å². The fourth-order valence-corrected chi connectivity index (χ4v) is 6.17. The standard InChI is InChI=1S/C20H20N6O3/c27-26(28)16-11-25(20-8-12-5-13(9-20)7-14(6-12)10-20)24-17(16)19-23-22-18(29-19)15-1-3-21-4-2-15/h1-4,11-14H,5-10H2. The molecular weight excluding hydrogens is 372 g/mol. The topological polar surface area (TPSA) is 113 Å². The minimum Gasteiger partial charge on any atom is -0.414 e. The van der Waals surface area contributed by atoms with Gasteiger partial charge in [0.15, 0.2) is 0 Å². The van der Waals surface area contributed by atoms with Gasteiger partial charge >= 0.3 is 5.69 Å². The largest absolute Gasteiger partial charge is 0.414 e. The molecule has 4 aliphatic carbocycles. The first-order chi connectivity index (χ1) is 14.1. The molecule has 3 aromatic heterocycles. The molecule has 7 rings (SSSR count). The highest BCUT2D eigenvalue weighted by Crippen LogP contribution is 2.59. The lowest BCUT2D eigenvalue weighted by atomic mass is 9.53. The van der Waals surface area contributed by atoms with Crippen molar-refractivity contribution in [2.24, 2.45) is 17.8 Å². The van der Waals surface area contributed by atoms with Gasteiger partial charge < -0.3 is 4.42 Å². The third-order valence-corrected chi connectivity index (χ3v) is 6.94. The first-order valence-electron chi connectivity index (χ1n) is 10.1. The molecule has 0 spiro atoms. The van der Waals surface area contributed by atoms with Gasteiger partial charge in [0.25, 0.3) is 5.89 Å². The van der Waals surface area contributed by atoms with Crippen LogP contribution in [-0.2, 0) is 5.54 Å². The Kier molecular flexibility index (Phi) is 3.45. The van der Waals surface area contributed by atoms with E-state index in [2.05, 4.69) is 20.3 Å². The second-order valence-electron chi connectivity index (χ2n) is 8.85. The summed E-state index contributed by atoms with van der Waals surface area (Å²) in [6, 6.07) is 3.50. The summed E-state index contributed by atoms with van der Waals surface area (Å²) in [5.74, 6) is 2.52. The Balaban J connectivity index is 1.41. The molecule has 0 aliphatic heterocycles. The Morgan fingerprint density at radius 1 is 1.03 bits per heavy atom. The van der Waals surface area contributed by atoms with E-state index in [1.54, 1.807) is 30.7 Å². The average molecular weight is 392 g/mol. The highest BCUT2D eigenvalue weighted by atomic mass is 16.6. The number of hydrogen-bond acceptors (Lipinski definition) is 7. The van der Waals surface area contributed by atoms with Gasteiger partial charge in [0, 0.05) is 18.0 Å². The van der Waals surface area contributed by atoms with E-state index in [0.717, 1.165) is 37.0 Å². The van der Waals surface area contributed by atoms with Gasteiger partial charge in [0.1, 0.15) is 6.20 Å². The van der Waals surface area contributed by atoms with Gasteiger partial charge in [-0.15, -0.1) is 10.2 Å². The van der Waals surface area contributed by atoms with Crippen molar-refractivity contribution in [1.82, 2.24) is 25.0 Å². The third-order valence-electron chi connectivity index (χ3n) is 6.94. The molecule has 4 aliphatic rings. The van der Waals surface area contributed by atoms with Gasteiger partial charge in [-0.2, -0.15) is 5.10 Å². The van der Waals surface area contributed by atoms with E-state index in [-0.39, 0.29) is 22.8 Å². The molecule has 29 heavy (non-hydrogen) atoms. The smallest absolute Gasteiger partial charge is 0.320 e. The molecule has 0 N–H and O–H groups in total.